The fourth-order valence-electron chi connectivity index (χ4n) is 3.75. The van der Waals surface area contributed by atoms with E-state index in [1.807, 2.05) is 0 Å². The molecule has 1 atom stereocenters. The van der Waals surface area contributed by atoms with Crippen molar-refractivity contribution in [3.63, 3.8) is 0 Å². The van der Waals surface area contributed by atoms with Crippen molar-refractivity contribution in [2.75, 3.05) is 6.54 Å². The third-order valence-electron chi connectivity index (χ3n) is 5.37. The van der Waals surface area contributed by atoms with E-state index in [9.17, 15) is 9.59 Å². The molecule has 1 amide bonds. The smallest absolute Gasteiger partial charge is 0.326 e. The molecule has 25 heavy (non-hydrogen) atoms. The summed E-state index contributed by atoms with van der Waals surface area (Å²) in [5.41, 5.74) is 0. The summed E-state index contributed by atoms with van der Waals surface area (Å²) in [6.07, 6.45) is 19.2. The fourth-order valence-corrected chi connectivity index (χ4v) is 3.75. The Morgan fingerprint density at radius 1 is 0.880 bits per heavy atom. The molecule has 1 unspecified atom stereocenters. The molecule has 1 aliphatic heterocycles. The zero-order valence-corrected chi connectivity index (χ0v) is 16.3. The Bertz CT molecular complexity index is 370. The van der Waals surface area contributed by atoms with Crippen molar-refractivity contribution in [3.05, 3.63) is 0 Å². The summed E-state index contributed by atoms with van der Waals surface area (Å²) in [6.45, 7) is 2.88. The van der Waals surface area contributed by atoms with Crippen LogP contribution >= 0.6 is 0 Å². The van der Waals surface area contributed by atoms with Crippen LogP contribution in [0.3, 0.4) is 0 Å². The number of unbranched alkanes of at least 4 members (excludes halogenated alkanes) is 13. The summed E-state index contributed by atoms with van der Waals surface area (Å²) in [5.74, 6) is -0.835. The van der Waals surface area contributed by atoms with E-state index >= 15 is 0 Å². The number of amides is 1. The molecule has 1 N–H and O–H groups in total. The van der Waals surface area contributed by atoms with Gasteiger partial charge in [-0.3, -0.25) is 4.79 Å². The first-order valence-corrected chi connectivity index (χ1v) is 10.7. The van der Waals surface area contributed by atoms with E-state index in [0.29, 0.717) is 19.4 Å². The number of nitrogens with zero attached hydrogens (tertiary/aromatic N) is 1. The number of hydrogen-bond acceptors (Lipinski definition) is 2. The van der Waals surface area contributed by atoms with Gasteiger partial charge in [-0.15, -0.1) is 0 Å². The van der Waals surface area contributed by atoms with Crippen molar-refractivity contribution in [1.29, 1.82) is 0 Å². The highest BCUT2D eigenvalue weighted by Crippen LogP contribution is 2.20. The monoisotopic (exact) mass is 353 g/mol. The minimum absolute atomic E-state index is 0.0158. The SMILES string of the molecule is CCCCCCCCCCCCCCCCN1C(=O)CCC1C(=O)O. The Balaban J connectivity index is 1.86. The Kier molecular flexibility index (Phi) is 12.4. The zero-order valence-electron chi connectivity index (χ0n) is 16.3. The highest BCUT2D eigenvalue weighted by atomic mass is 16.4. The molecular weight excluding hydrogens is 314 g/mol. The standard InChI is InChI=1S/C21H39NO3/c1-2-3-4-5-6-7-8-9-10-11-12-13-14-15-18-22-19(21(24)25)16-17-20(22)23/h19H,2-18H2,1H3,(H,24,25). The molecule has 0 aliphatic carbocycles. The molecule has 0 spiro atoms. The summed E-state index contributed by atoms with van der Waals surface area (Å²) in [6, 6.07) is -0.575. The second-order valence-corrected chi connectivity index (χ2v) is 7.58. The summed E-state index contributed by atoms with van der Waals surface area (Å²) >= 11 is 0. The van der Waals surface area contributed by atoms with Crippen molar-refractivity contribution in [3.8, 4) is 0 Å². The van der Waals surface area contributed by atoms with Crippen molar-refractivity contribution >= 4 is 11.9 Å². The van der Waals surface area contributed by atoms with Gasteiger partial charge in [-0.05, 0) is 12.8 Å². The van der Waals surface area contributed by atoms with E-state index in [1.54, 1.807) is 4.90 Å². The lowest BCUT2D eigenvalue weighted by Gasteiger charge is -2.21. The number of rotatable bonds is 16. The lowest BCUT2D eigenvalue weighted by molar-refractivity contribution is -0.146. The van der Waals surface area contributed by atoms with E-state index in [-0.39, 0.29) is 5.91 Å². The van der Waals surface area contributed by atoms with Gasteiger partial charge in [-0.25, -0.2) is 4.79 Å². The molecule has 4 heteroatoms. The molecule has 1 rings (SSSR count). The Hall–Kier alpha value is -1.06. The lowest BCUT2D eigenvalue weighted by Crippen LogP contribution is -2.39. The Morgan fingerprint density at radius 3 is 1.76 bits per heavy atom. The molecule has 0 aromatic heterocycles. The molecule has 4 nitrogen and oxygen atoms in total. The average Bonchev–Trinajstić information content (AvgIpc) is 2.96. The number of carbonyl (C=O) groups excluding carboxylic acids is 1. The van der Waals surface area contributed by atoms with Crippen LogP contribution in [0, 0.1) is 0 Å². The number of likely N-dealkylation sites (tertiary alicyclic amines) is 1. The molecule has 0 aromatic carbocycles. The number of carbonyl (C=O) groups is 2. The predicted molar refractivity (Wildman–Crippen MR) is 103 cm³/mol. The third kappa shape index (κ3) is 9.86. The molecule has 0 saturated carbocycles. The van der Waals surface area contributed by atoms with E-state index in [2.05, 4.69) is 6.92 Å². The summed E-state index contributed by atoms with van der Waals surface area (Å²) in [4.78, 5) is 24.4. The van der Waals surface area contributed by atoms with Crippen LogP contribution in [-0.2, 0) is 9.59 Å². The molecular formula is C21H39NO3. The van der Waals surface area contributed by atoms with Gasteiger partial charge >= 0.3 is 5.97 Å². The molecule has 1 aliphatic rings. The highest BCUT2D eigenvalue weighted by Gasteiger charge is 2.35. The second-order valence-electron chi connectivity index (χ2n) is 7.58. The topological polar surface area (TPSA) is 57.6 Å². The van der Waals surface area contributed by atoms with Crippen LogP contribution in [0.25, 0.3) is 0 Å². The van der Waals surface area contributed by atoms with E-state index in [4.69, 9.17) is 5.11 Å². The van der Waals surface area contributed by atoms with E-state index < -0.39 is 12.0 Å². The molecule has 0 aromatic rings. The Labute approximate surface area is 154 Å². The van der Waals surface area contributed by atoms with E-state index in [1.165, 1.54) is 77.0 Å². The first-order chi connectivity index (χ1) is 12.2. The number of carboxylic acid groups (broad SMARTS) is 1. The molecule has 1 saturated heterocycles. The van der Waals surface area contributed by atoms with Crippen LogP contribution in [0.15, 0.2) is 0 Å². The minimum Gasteiger partial charge on any atom is -0.480 e. The number of hydrogen-bond donors (Lipinski definition) is 1. The van der Waals surface area contributed by atoms with Gasteiger partial charge in [0.1, 0.15) is 6.04 Å². The largest absolute Gasteiger partial charge is 0.480 e. The number of carboxylic acids is 1. The summed E-state index contributed by atoms with van der Waals surface area (Å²) in [7, 11) is 0. The van der Waals surface area contributed by atoms with Crippen molar-refractivity contribution in [2.45, 2.75) is 116 Å². The quantitative estimate of drug-likeness (QED) is 0.370. The van der Waals surface area contributed by atoms with E-state index in [0.717, 1.165) is 12.8 Å². The van der Waals surface area contributed by atoms with Gasteiger partial charge in [-0.2, -0.15) is 0 Å². The highest BCUT2D eigenvalue weighted by molar-refractivity contribution is 5.87. The van der Waals surface area contributed by atoms with Crippen LogP contribution in [0.5, 0.6) is 0 Å². The maximum Gasteiger partial charge on any atom is 0.326 e. The number of aliphatic carboxylic acids is 1. The molecule has 1 heterocycles. The predicted octanol–water partition coefficient (Wildman–Crippen LogP) is 5.54. The van der Waals surface area contributed by atoms with Gasteiger partial charge in [0.15, 0.2) is 0 Å². The normalized spacial score (nSPS) is 17.4. The maximum atomic E-state index is 11.7. The second kappa shape index (κ2) is 14.1. The van der Waals surface area contributed by atoms with Gasteiger partial charge in [0.25, 0.3) is 0 Å². The van der Waals surface area contributed by atoms with Gasteiger partial charge < -0.3 is 10.0 Å². The molecule has 1 fully saturated rings. The van der Waals surface area contributed by atoms with Gasteiger partial charge in [0.2, 0.25) is 5.91 Å². The zero-order chi connectivity index (χ0) is 18.3. The third-order valence-corrected chi connectivity index (χ3v) is 5.37. The van der Waals surface area contributed by atoms with Crippen LogP contribution in [0.4, 0.5) is 0 Å². The lowest BCUT2D eigenvalue weighted by atomic mass is 10.0. The minimum atomic E-state index is -0.851. The van der Waals surface area contributed by atoms with Crippen molar-refractivity contribution in [2.24, 2.45) is 0 Å². The van der Waals surface area contributed by atoms with Crippen LogP contribution in [-0.4, -0.2) is 34.5 Å². The Morgan fingerprint density at radius 2 is 1.32 bits per heavy atom. The van der Waals surface area contributed by atoms with Gasteiger partial charge in [0, 0.05) is 13.0 Å². The first kappa shape index (κ1) is 22.0. The first-order valence-electron chi connectivity index (χ1n) is 10.7. The van der Waals surface area contributed by atoms with Crippen LogP contribution in [0.1, 0.15) is 110 Å². The van der Waals surface area contributed by atoms with Gasteiger partial charge in [0.05, 0.1) is 0 Å². The van der Waals surface area contributed by atoms with Gasteiger partial charge in [-0.1, -0.05) is 90.4 Å². The summed E-state index contributed by atoms with van der Waals surface area (Å²) in [5, 5.41) is 9.12. The molecule has 146 valence electrons. The van der Waals surface area contributed by atoms with Crippen molar-refractivity contribution in [1.82, 2.24) is 4.90 Å². The maximum absolute atomic E-state index is 11.7. The van der Waals surface area contributed by atoms with Crippen LogP contribution < -0.4 is 0 Å². The molecule has 0 radical (unpaired) electrons. The fraction of sp³-hybridized carbons (Fsp3) is 0.905. The average molecular weight is 354 g/mol. The van der Waals surface area contributed by atoms with Crippen LogP contribution in [0.2, 0.25) is 0 Å². The van der Waals surface area contributed by atoms with Crippen molar-refractivity contribution < 1.29 is 14.7 Å². The summed E-state index contributed by atoms with van der Waals surface area (Å²) < 4.78 is 0. The molecule has 0 bridgehead atoms.